The lowest BCUT2D eigenvalue weighted by molar-refractivity contribution is 0.601. The number of anilines is 2. The summed E-state index contributed by atoms with van der Waals surface area (Å²) in [6.45, 7) is 3.42. The lowest BCUT2D eigenvalue weighted by Gasteiger charge is -2.08. The molecule has 3 rings (SSSR count). The molecule has 30 heavy (non-hydrogen) atoms. The predicted octanol–water partition coefficient (Wildman–Crippen LogP) is 2.70. The number of benzene rings is 1. The number of nitrogens with one attached hydrogen (secondary N) is 2. The zero-order valence-electron chi connectivity index (χ0n) is 16.2. The van der Waals surface area contributed by atoms with E-state index in [1.54, 1.807) is 20.1 Å². The van der Waals surface area contributed by atoms with Crippen LogP contribution in [0.2, 0.25) is 0 Å². The van der Waals surface area contributed by atoms with Crippen molar-refractivity contribution in [3.05, 3.63) is 52.2 Å². The standard InChI is InChI=1S/C17H18N8O3S2/c1-9-8-13(20-10(2)19-9)25-30(27,28)12-6-4-11(5-7-12)23-24-14-15(18)21-17(29-3)22-16(14)26/h4-8H,1-3H3,(H,19,20,25)(H3,18,21,22,26). The van der Waals surface area contributed by atoms with E-state index in [1.807, 2.05) is 0 Å². The van der Waals surface area contributed by atoms with Gasteiger partial charge in [0.25, 0.3) is 15.6 Å². The lowest BCUT2D eigenvalue weighted by atomic mass is 10.3. The van der Waals surface area contributed by atoms with Gasteiger partial charge in [0.2, 0.25) is 0 Å². The molecule has 0 spiro atoms. The molecule has 0 saturated carbocycles. The quantitative estimate of drug-likeness (QED) is 0.295. The maximum Gasteiger partial charge on any atom is 0.281 e. The van der Waals surface area contributed by atoms with Gasteiger partial charge in [0.1, 0.15) is 11.6 Å². The molecule has 13 heteroatoms. The summed E-state index contributed by atoms with van der Waals surface area (Å²) in [5, 5.41) is 8.13. The van der Waals surface area contributed by atoms with Gasteiger partial charge in [0.05, 0.1) is 10.6 Å². The maximum atomic E-state index is 12.6. The molecule has 11 nitrogen and oxygen atoms in total. The number of hydrogen-bond acceptors (Lipinski definition) is 10. The average Bonchev–Trinajstić information content (AvgIpc) is 2.66. The first-order valence-electron chi connectivity index (χ1n) is 8.48. The van der Waals surface area contributed by atoms with Crippen LogP contribution in [0.1, 0.15) is 11.5 Å². The Morgan fingerprint density at radius 3 is 2.40 bits per heavy atom. The number of rotatable bonds is 6. The van der Waals surface area contributed by atoms with Crippen molar-refractivity contribution in [3.63, 3.8) is 0 Å². The number of azo groups is 1. The first kappa shape index (κ1) is 21.4. The third-order valence-corrected chi connectivity index (χ3v) is 5.66. The average molecular weight is 447 g/mol. The molecule has 0 aliphatic carbocycles. The monoisotopic (exact) mass is 446 g/mol. The van der Waals surface area contributed by atoms with Crippen LogP contribution in [-0.4, -0.2) is 34.6 Å². The summed E-state index contributed by atoms with van der Waals surface area (Å²) in [5.41, 5.74) is 6.07. The third-order valence-electron chi connectivity index (χ3n) is 3.71. The van der Waals surface area contributed by atoms with E-state index in [1.165, 1.54) is 42.1 Å². The SMILES string of the molecule is CSc1nc(N)c(N=Nc2ccc(S(=O)(=O)Nc3cc(C)nc(C)n3)cc2)c(=O)[nH]1. The van der Waals surface area contributed by atoms with Gasteiger partial charge < -0.3 is 5.73 Å². The van der Waals surface area contributed by atoms with Gasteiger partial charge in [0, 0.05) is 11.8 Å². The minimum atomic E-state index is -3.85. The van der Waals surface area contributed by atoms with E-state index < -0.39 is 15.6 Å². The highest BCUT2D eigenvalue weighted by Crippen LogP contribution is 2.23. The molecule has 4 N–H and O–H groups in total. The molecular formula is C17H18N8O3S2. The van der Waals surface area contributed by atoms with Gasteiger partial charge in [-0.3, -0.25) is 14.5 Å². The fraction of sp³-hybridized carbons (Fsp3) is 0.176. The Hall–Kier alpha value is -3.32. The van der Waals surface area contributed by atoms with Crippen LogP contribution >= 0.6 is 11.8 Å². The van der Waals surface area contributed by atoms with Crippen LogP contribution in [0.3, 0.4) is 0 Å². The normalized spacial score (nSPS) is 11.7. The molecule has 0 saturated heterocycles. The van der Waals surface area contributed by atoms with Crippen LogP contribution in [0.15, 0.2) is 55.4 Å². The van der Waals surface area contributed by atoms with Crippen LogP contribution in [-0.2, 0) is 10.0 Å². The molecule has 0 aliphatic heterocycles. The second-order valence-electron chi connectivity index (χ2n) is 6.05. The van der Waals surface area contributed by atoms with E-state index in [4.69, 9.17) is 5.73 Å². The van der Waals surface area contributed by atoms with Crippen molar-refractivity contribution in [1.82, 2.24) is 19.9 Å². The number of sulfonamides is 1. The van der Waals surface area contributed by atoms with Gasteiger partial charge in [-0.25, -0.2) is 23.4 Å². The molecule has 0 fully saturated rings. The minimum absolute atomic E-state index is 0.0127. The van der Waals surface area contributed by atoms with Crippen molar-refractivity contribution in [2.45, 2.75) is 23.9 Å². The molecule has 0 amide bonds. The number of aryl methyl sites for hydroxylation is 2. The second kappa shape index (κ2) is 8.59. The van der Waals surface area contributed by atoms with E-state index in [-0.39, 0.29) is 22.2 Å². The van der Waals surface area contributed by atoms with Crippen molar-refractivity contribution in [1.29, 1.82) is 0 Å². The molecular weight excluding hydrogens is 428 g/mol. The predicted molar refractivity (Wildman–Crippen MR) is 114 cm³/mol. The Morgan fingerprint density at radius 1 is 1.10 bits per heavy atom. The zero-order chi connectivity index (χ0) is 21.9. The van der Waals surface area contributed by atoms with Gasteiger partial charge >= 0.3 is 0 Å². The first-order chi connectivity index (χ1) is 14.2. The molecule has 3 aromatic rings. The zero-order valence-corrected chi connectivity index (χ0v) is 17.9. The highest BCUT2D eigenvalue weighted by atomic mass is 32.2. The van der Waals surface area contributed by atoms with Gasteiger partial charge in [-0.2, -0.15) is 5.11 Å². The molecule has 0 unspecified atom stereocenters. The summed E-state index contributed by atoms with van der Waals surface area (Å²) in [4.78, 5) is 26.7. The number of aromatic nitrogens is 4. The number of hydrogen-bond donors (Lipinski definition) is 3. The Labute approximate surface area is 176 Å². The van der Waals surface area contributed by atoms with E-state index in [9.17, 15) is 13.2 Å². The third kappa shape index (κ3) is 4.99. The Kier molecular flexibility index (Phi) is 6.12. The Morgan fingerprint density at radius 2 is 1.80 bits per heavy atom. The molecule has 2 aromatic heterocycles. The number of thioether (sulfide) groups is 1. The molecule has 1 aromatic carbocycles. The topological polar surface area (TPSA) is 168 Å². The maximum absolute atomic E-state index is 12.6. The summed E-state index contributed by atoms with van der Waals surface area (Å²) in [6, 6.07) is 7.15. The van der Waals surface area contributed by atoms with Crippen molar-refractivity contribution >= 4 is 44.8 Å². The molecule has 156 valence electrons. The van der Waals surface area contributed by atoms with Crippen LogP contribution in [0.25, 0.3) is 0 Å². The smallest absolute Gasteiger partial charge is 0.281 e. The summed E-state index contributed by atoms with van der Waals surface area (Å²) < 4.78 is 27.5. The van der Waals surface area contributed by atoms with Crippen LogP contribution in [0.5, 0.6) is 0 Å². The number of H-pyrrole nitrogens is 1. The highest BCUT2D eigenvalue weighted by molar-refractivity contribution is 7.98. The number of nitrogens with zero attached hydrogens (tertiary/aromatic N) is 5. The number of nitrogens with two attached hydrogens (primary N) is 1. The number of aromatic amines is 1. The molecule has 0 radical (unpaired) electrons. The minimum Gasteiger partial charge on any atom is -0.382 e. The lowest BCUT2D eigenvalue weighted by Crippen LogP contribution is -2.14. The summed E-state index contributed by atoms with van der Waals surface area (Å²) >= 11 is 1.24. The van der Waals surface area contributed by atoms with Crippen LogP contribution < -0.4 is 16.0 Å². The van der Waals surface area contributed by atoms with Crippen molar-refractivity contribution in [3.8, 4) is 0 Å². The summed E-state index contributed by atoms with van der Waals surface area (Å²) in [6.07, 6.45) is 1.75. The fourth-order valence-electron chi connectivity index (χ4n) is 2.42. The van der Waals surface area contributed by atoms with Gasteiger partial charge in [-0.05, 0) is 44.4 Å². The van der Waals surface area contributed by atoms with Crippen molar-refractivity contribution < 1.29 is 8.42 Å². The van der Waals surface area contributed by atoms with Crippen molar-refractivity contribution in [2.24, 2.45) is 10.2 Å². The van der Waals surface area contributed by atoms with Gasteiger partial charge in [-0.1, -0.05) is 11.8 Å². The molecule has 0 bridgehead atoms. The van der Waals surface area contributed by atoms with Crippen molar-refractivity contribution in [2.75, 3.05) is 16.7 Å². The van der Waals surface area contributed by atoms with Crippen LogP contribution in [0.4, 0.5) is 23.0 Å². The van der Waals surface area contributed by atoms with Gasteiger partial charge in [-0.15, -0.1) is 5.11 Å². The van der Waals surface area contributed by atoms with E-state index in [0.717, 1.165) is 0 Å². The number of nitrogen functional groups attached to an aromatic ring is 1. The molecule has 2 heterocycles. The summed E-state index contributed by atoms with van der Waals surface area (Å²) in [5.74, 6) is 0.586. The largest absolute Gasteiger partial charge is 0.382 e. The van der Waals surface area contributed by atoms with E-state index in [0.29, 0.717) is 22.4 Å². The first-order valence-corrected chi connectivity index (χ1v) is 11.2. The second-order valence-corrected chi connectivity index (χ2v) is 8.53. The summed E-state index contributed by atoms with van der Waals surface area (Å²) in [7, 11) is -3.85. The van der Waals surface area contributed by atoms with Crippen LogP contribution in [0, 0.1) is 13.8 Å². The van der Waals surface area contributed by atoms with E-state index >= 15 is 0 Å². The molecule has 0 aliphatic rings. The Balaban J connectivity index is 1.81. The van der Waals surface area contributed by atoms with E-state index in [2.05, 4.69) is 34.9 Å². The Bertz CT molecular complexity index is 1250. The molecule has 0 atom stereocenters. The highest BCUT2D eigenvalue weighted by Gasteiger charge is 2.15. The fourth-order valence-corrected chi connectivity index (χ4v) is 3.80. The van der Waals surface area contributed by atoms with Gasteiger partial charge in [0.15, 0.2) is 16.7 Å².